The fourth-order valence-electron chi connectivity index (χ4n) is 2.92. The number of nitrogens with zero attached hydrogens (tertiary/aromatic N) is 4. The Morgan fingerprint density at radius 1 is 1.07 bits per heavy atom. The molecule has 0 spiro atoms. The van der Waals surface area contributed by atoms with Crippen LogP contribution in [-0.2, 0) is 13.0 Å². The van der Waals surface area contributed by atoms with Crippen molar-refractivity contribution in [2.75, 3.05) is 7.11 Å². The molecule has 0 saturated carbocycles. The van der Waals surface area contributed by atoms with E-state index in [4.69, 9.17) is 4.74 Å². The lowest BCUT2D eigenvalue weighted by atomic mass is 10.1. The zero-order valence-corrected chi connectivity index (χ0v) is 14.7. The fourth-order valence-corrected chi connectivity index (χ4v) is 2.92. The van der Waals surface area contributed by atoms with Crippen LogP contribution in [0.4, 0.5) is 4.39 Å². The van der Waals surface area contributed by atoms with Crippen LogP contribution in [0.15, 0.2) is 65.8 Å². The van der Waals surface area contributed by atoms with Gasteiger partial charge < -0.3 is 4.74 Å². The molecule has 0 unspecified atom stereocenters. The molecule has 6 nitrogen and oxygen atoms in total. The van der Waals surface area contributed by atoms with E-state index in [1.165, 1.54) is 29.3 Å². The van der Waals surface area contributed by atoms with Crippen molar-refractivity contribution < 1.29 is 9.13 Å². The van der Waals surface area contributed by atoms with Crippen LogP contribution in [0.1, 0.15) is 5.56 Å². The predicted molar refractivity (Wildman–Crippen MR) is 99.8 cm³/mol. The maximum atomic E-state index is 13.1. The number of fused-ring (bicyclic) bond motifs is 1. The molecule has 7 heteroatoms. The van der Waals surface area contributed by atoms with Gasteiger partial charge in [0.15, 0.2) is 5.65 Å². The van der Waals surface area contributed by atoms with Crippen molar-refractivity contribution in [3.63, 3.8) is 0 Å². The van der Waals surface area contributed by atoms with Gasteiger partial charge in [0.1, 0.15) is 17.0 Å². The topological polar surface area (TPSA) is 61.9 Å². The van der Waals surface area contributed by atoms with Gasteiger partial charge in [-0.05, 0) is 48.4 Å². The van der Waals surface area contributed by atoms with E-state index < -0.39 is 0 Å². The minimum Gasteiger partial charge on any atom is -0.497 e. The number of rotatable bonds is 5. The van der Waals surface area contributed by atoms with Crippen molar-refractivity contribution in [2.45, 2.75) is 13.0 Å². The Morgan fingerprint density at radius 3 is 2.52 bits per heavy atom. The van der Waals surface area contributed by atoms with Gasteiger partial charge in [-0.2, -0.15) is 5.10 Å². The Hall–Kier alpha value is -3.48. The molecule has 0 aliphatic rings. The van der Waals surface area contributed by atoms with E-state index in [-0.39, 0.29) is 11.4 Å². The molecule has 0 N–H and O–H groups in total. The van der Waals surface area contributed by atoms with Crippen molar-refractivity contribution in [3.05, 3.63) is 82.8 Å². The second-order valence-electron chi connectivity index (χ2n) is 6.11. The van der Waals surface area contributed by atoms with Crippen molar-refractivity contribution in [2.24, 2.45) is 0 Å². The highest BCUT2D eigenvalue weighted by molar-refractivity contribution is 5.74. The van der Waals surface area contributed by atoms with E-state index in [9.17, 15) is 9.18 Å². The van der Waals surface area contributed by atoms with E-state index in [1.54, 1.807) is 23.8 Å². The van der Waals surface area contributed by atoms with Gasteiger partial charge in [0.05, 0.1) is 25.3 Å². The largest absolute Gasteiger partial charge is 0.497 e. The first-order valence-corrected chi connectivity index (χ1v) is 8.48. The number of halogens is 1. The predicted octanol–water partition coefficient (Wildman–Crippen LogP) is 2.97. The highest BCUT2D eigenvalue weighted by atomic mass is 19.1. The molecular formula is C20H17FN4O2. The molecule has 0 atom stereocenters. The summed E-state index contributed by atoms with van der Waals surface area (Å²) in [5, 5.41) is 4.67. The summed E-state index contributed by atoms with van der Waals surface area (Å²) in [5.41, 5.74) is 2.05. The molecule has 4 aromatic rings. The third kappa shape index (κ3) is 3.31. The average molecular weight is 364 g/mol. The van der Waals surface area contributed by atoms with Crippen LogP contribution < -0.4 is 10.3 Å². The Morgan fingerprint density at radius 2 is 1.81 bits per heavy atom. The summed E-state index contributed by atoms with van der Waals surface area (Å²) in [5.74, 6) is 0.469. The minimum atomic E-state index is -0.330. The Kier molecular flexibility index (Phi) is 4.42. The fraction of sp³-hybridized carbons (Fsp3) is 0.150. The summed E-state index contributed by atoms with van der Waals surface area (Å²) in [6, 6.07) is 13.6. The summed E-state index contributed by atoms with van der Waals surface area (Å²) in [7, 11) is 1.63. The normalized spacial score (nSPS) is 11.0. The van der Waals surface area contributed by atoms with Gasteiger partial charge in [-0.25, -0.2) is 14.1 Å². The molecule has 2 aromatic carbocycles. The van der Waals surface area contributed by atoms with Gasteiger partial charge in [0.25, 0.3) is 5.56 Å². The first kappa shape index (κ1) is 17.0. The van der Waals surface area contributed by atoms with Crippen LogP contribution in [0.3, 0.4) is 0 Å². The van der Waals surface area contributed by atoms with Crippen molar-refractivity contribution in [1.82, 2.24) is 19.3 Å². The van der Waals surface area contributed by atoms with Crippen molar-refractivity contribution in [1.29, 1.82) is 0 Å². The third-order valence-corrected chi connectivity index (χ3v) is 4.43. The summed E-state index contributed by atoms with van der Waals surface area (Å²) < 4.78 is 21.4. The van der Waals surface area contributed by atoms with Gasteiger partial charge >= 0.3 is 0 Å². The van der Waals surface area contributed by atoms with Gasteiger partial charge in [-0.1, -0.05) is 12.1 Å². The minimum absolute atomic E-state index is 0.151. The Balaban J connectivity index is 1.60. The van der Waals surface area contributed by atoms with E-state index in [2.05, 4.69) is 10.1 Å². The summed E-state index contributed by atoms with van der Waals surface area (Å²) >= 11 is 0. The number of aryl methyl sites for hydroxylation is 2. The van der Waals surface area contributed by atoms with Crippen LogP contribution >= 0.6 is 0 Å². The molecule has 2 heterocycles. The molecule has 0 radical (unpaired) electrons. The number of hydrogen-bond donors (Lipinski definition) is 0. The van der Waals surface area contributed by atoms with E-state index in [0.29, 0.717) is 29.7 Å². The molecule has 0 saturated heterocycles. The average Bonchev–Trinajstić information content (AvgIpc) is 3.13. The van der Waals surface area contributed by atoms with Gasteiger partial charge in [0, 0.05) is 6.54 Å². The lowest BCUT2D eigenvalue weighted by molar-refractivity contribution is 0.414. The number of aromatic nitrogens is 4. The zero-order valence-electron chi connectivity index (χ0n) is 14.7. The first-order valence-electron chi connectivity index (χ1n) is 8.48. The third-order valence-electron chi connectivity index (χ3n) is 4.43. The molecular weight excluding hydrogens is 347 g/mol. The number of ether oxygens (including phenoxy) is 1. The molecule has 2 aromatic heterocycles. The SMILES string of the molecule is COc1ccc(CCn2cnc3c(cnn3-c3ccc(F)cc3)c2=O)cc1. The molecule has 4 rings (SSSR count). The maximum absolute atomic E-state index is 13.1. The summed E-state index contributed by atoms with van der Waals surface area (Å²) in [6.45, 7) is 0.510. The second kappa shape index (κ2) is 7.03. The number of methoxy groups -OCH3 is 1. The molecule has 136 valence electrons. The van der Waals surface area contributed by atoms with Crippen LogP contribution in [0.5, 0.6) is 5.75 Å². The van der Waals surface area contributed by atoms with E-state index >= 15 is 0 Å². The second-order valence-corrected chi connectivity index (χ2v) is 6.11. The lowest BCUT2D eigenvalue weighted by Gasteiger charge is -2.07. The summed E-state index contributed by atoms with van der Waals surface area (Å²) in [4.78, 5) is 17.1. The van der Waals surface area contributed by atoms with E-state index in [1.807, 2.05) is 24.3 Å². The summed E-state index contributed by atoms with van der Waals surface area (Å²) in [6.07, 6.45) is 3.72. The van der Waals surface area contributed by atoms with Crippen molar-refractivity contribution >= 4 is 11.0 Å². The van der Waals surface area contributed by atoms with Crippen LogP contribution in [0.25, 0.3) is 16.7 Å². The van der Waals surface area contributed by atoms with Gasteiger partial charge in [0.2, 0.25) is 0 Å². The molecule has 0 aliphatic heterocycles. The molecule has 0 aliphatic carbocycles. The smallest absolute Gasteiger partial charge is 0.264 e. The molecule has 0 fully saturated rings. The van der Waals surface area contributed by atoms with Gasteiger partial charge in [-0.3, -0.25) is 9.36 Å². The van der Waals surface area contributed by atoms with Crippen molar-refractivity contribution in [3.8, 4) is 11.4 Å². The molecule has 27 heavy (non-hydrogen) atoms. The highest BCUT2D eigenvalue weighted by Crippen LogP contribution is 2.15. The standard InChI is InChI=1S/C20H17FN4O2/c1-27-17-8-2-14(3-9-17)10-11-24-13-22-19-18(20(24)26)12-23-25(19)16-6-4-15(21)5-7-16/h2-9,12-13H,10-11H2,1H3. The van der Waals surface area contributed by atoms with Gasteiger partial charge in [-0.15, -0.1) is 0 Å². The van der Waals surface area contributed by atoms with E-state index in [0.717, 1.165) is 11.3 Å². The lowest BCUT2D eigenvalue weighted by Crippen LogP contribution is -2.21. The zero-order chi connectivity index (χ0) is 18.8. The highest BCUT2D eigenvalue weighted by Gasteiger charge is 2.11. The monoisotopic (exact) mass is 364 g/mol. The van der Waals surface area contributed by atoms with Crippen LogP contribution in [0, 0.1) is 5.82 Å². The Bertz CT molecular complexity index is 1130. The van der Waals surface area contributed by atoms with Crippen LogP contribution in [0.2, 0.25) is 0 Å². The quantitative estimate of drug-likeness (QED) is 0.546. The first-order chi connectivity index (χ1) is 13.2. The molecule has 0 amide bonds. The number of hydrogen-bond acceptors (Lipinski definition) is 4. The Labute approximate surface area is 154 Å². The van der Waals surface area contributed by atoms with Crippen LogP contribution in [-0.4, -0.2) is 26.4 Å². The maximum Gasteiger partial charge on any atom is 0.264 e. The number of benzene rings is 2. The molecule has 0 bridgehead atoms.